The van der Waals surface area contributed by atoms with Crippen molar-refractivity contribution >= 4 is 17.6 Å². The highest BCUT2D eigenvalue weighted by Crippen LogP contribution is 2.27. The highest BCUT2D eigenvalue weighted by Gasteiger charge is 2.38. The van der Waals surface area contributed by atoms with Gasteiger partial charge in [-0.1, -0.05) is 13.8 Å². The van der Waals surface area contributed by atoms with Crippen LogP contribution in [-0.2, 0) is 9.59 Å². The molecule has 0 saturated carbocycles. The molecule has 2 saturated heterocycles. The number of likely N-dealkylation sites (tertiary alicyclic amines) is 2. The number of anilines is 1. The molecule has 2 amide bonds. The molecule has 2 atom stereocenters. The maximum atomic E-state index is 12.6. The van der Waals surface area contributed by atoms with E-state index in [0.29, 0.717) is 31.3 Å². The monoisotopic (exact) mass is 345 g/mol. The number of amides is 2. The quantitative estimate of drug-likeness (QED) is 0.870. The predicted octanol–water partition coefficient (Wildman–Crippen LogP) is 1.30. The zero-order valence-corrected chi connectivity index (χ0v) is 15.2. The van der Waals surface area contributed by atoms with Crippen molar-refractivity contribution in [3.8, 4) is 0 Å². The summed E-state index contributed by atoms with van der Waals surface area (Å²) in [6.45, 7) is 8.51. The maximum Gasteiger partial charge on any atom is 0.242 e. The first-order valence-corrected chi connectivity index (χ1v) is 9.06. The lowest BCUT2D eigenvalue weighted by atomic mass is 9.91. The number of aryl methyl sites for hydroxylation is 1. The summed E-state index contributed by atoms with van der Waals surface area (Å²) in [5.41, 5.74) is 0. The maximum absolute atomic E-state index is 12.6. The van der Waals surface area contributed by atoms with Crippen LogP contribution >= 0.6 is 0 Å². The van der Waals surface area contributed by atoms with Crippen LogP contribution in [0.2, 0.25) is 0 Å². The van der Waals surface area contributed by atoms with Crippen LogP contribution in [0.4, 0.5) is 5.82 Å². The third kappa shape index (κ3) is 4.08. The molecular formula is C18H27N5O2. The summed E-state index contributed by atoms with van der Waals surface area (Å²) < 4.78 is 0. The van der Waals surface area contributed by atoms with E-state index in [0.717, 1.165) is 24.6 Å². The summed E-state index contributed by atoms with van der Waals surface area (Å²) in [6, 6.07) is 2.02. The molecule has 2 aliphatic heterocycles. The Bertz CT molecular complexity index is 648. The number of nitrogens with zero attached hydrogens (tertiary/aromatic N) is 4. The molecule has 0 unspecified atom stereocenters. The Morgan fingerprint density at radius 1 is 1.40 bits per heavy atom. The zero-order chi connectivity index (χ0) is 18.0. The summed E-state index contributed by atoms with van der Waals surface area (Å²) in [6.07, 6.45) is 3.17. The minimum atomic E-state index is 0.0454. The predicted molar refractivity (Wildman–Crippen MR) is 94.9 cm³/mol. The molecule has 2 aliphatic rings. The summed E-state index contributed by atoms with van der Waals surface area (Å²) in [4.78, 5) is 36.5. The summed E-state index contributed by atoms with van der Waals surface area (Å²) in [5, 5.41) is 3.47. The number of aromatic nitrogens is 2. The van der Waals surface area contributed by atoms with Gasteiger partial charge in [0.05, 0.1) is 6.54 Å². The molecule has 3 rings (SSSR count). The van der Waals surface area contributed by atoms with E-state index in [1.165, 1.54) is 0 Å². The number of nitrogens with one attached hydrogen (secondary N) is 1. The van der Waals surface area contributed by atoms with Crippen LogP contribution in [0.25, 0.3) is 0 Å². The van der Waals surface area contributed by atoms with Crippen LogP contribution in [-0.4, -0.2) is 63.8 Å². The van der Waals surface area contributed by atoms with Gasteiger partial charge in [-0.3, -0.25) is 9.59 Å². The van der Waals surface area contributed by atoms with Crippen molar-refractivity contribution in [1.29, 1.82) is 0 Å². The fourth-order valence-electron chi connectivity index (χ4n) is 3.72. The fraction of sp³-hybridized carbons (Fsp3) is 0.667. The van der Waals surface area contributed by atoms with Crippen LogP contribution in [0.3, 0.4) is 0 Å². The van der Waals surface area contributed by atoms with Crippen molar-refractivity contribution in [2.24, 2.45) is 11.8 Å². The van der Waals surface area contributed by atoms with Crippen molar-refractivity contribution in [3.05, 3.63) is 18.1 Å². The molecular weight excluding hydrogens is 318 g/mol. The second-order valence-corrected chi connectivity index (χ2v) is 7.37. The molecule has 2 fully saturated rings. The van der Waals surface area contributed by atoms with Crippen molar-refractivity contribution in [1.82, 2.24) is 19.8 Å². The van der Waals surface area contributed by atoms with Gasteiger partial charge < -0.3 is 15.1 Å². The van der Waals surface area contributed by atoms with Crippen molar-refractivity contribution in [3.63, 3.8) is 0 Å². The molecule has 0 radical (unpaired) electrons. The van der Waals surface area contributed by atoms with Crippen LogP contribution in [0, 0.1) is 18.8 Å². The largest absolute Gasteiger partial charge is 0.365 e. The van der Waals surface area contributed by atoms with Gasteiger partial charge in [0.25, 0.3) is 0 Å². The van der Waals surface area contributed by atoms with Crippen molar-refractivity contribution < 1.29 is 9.59 Å². The third-order valence-corrected chi connectivity index (χ3v) is 5.18. The second kappa shape index (κ2) is 7.37. The Morgan fingerprint density at radius 2 is 2.20 bits per heavy atom. The number of carbonyl (C=O) groups excluding carboxylic acids is 2. The molecule has 1 aromatic heterocycles. The standard InChI is InChI=1S/C18H27N5O2/c1-12(2)14-9-23(18(25)11-22-8-4-5-17(22)24)10-15(14)21-16-6-7-19-13(3)20-16/h6-7,12,14-15H,4-5,8-11H2,1-3H3,(H,19,20,21)/t14-,15+/m0/s1. The van der Waals surface area contributed by atoms with E-state index in [1.54, 1.807) is 11.1 Å². The van der Waals surface area contributed by atoms with Gasteiger partial charge in [0.1, 0.15) is 11.6 Å². The Hall–Kier alpha value is -2.18. The minimum Gasteiger partial charge on any atom is -0.365 e. The Balaban J connectivity index is 1.65. The molecule has 3 heterocycles. The van der Waals surface area contributed by atoms with Gasteiger partial charge >= 0.3 is 0 Å². The first-order valence-electron chi connectivity index (χ1n) is 9.06. The van der Waals surface area contributed by atoms with E-state index < -0.39 is 0 Å². The van der Waals surface area contributed by atoms with Gasteiger partial charge in [0.15, 0.2) is 0 Å². The highest BCUT2D eigenvalue weighted by molar-refractivity contribution is 5.86. The van der Waals surface area contributed by atoms with Gasteiger partial charge in [-0.05, 0) is 25.3 Å². The number of carbonyl (C=O) groups is 2. The molecule has 25 heavy (non-hydrogen) atoms. The number of hydrogen-bond acceptors (Lipinski definition) is 5. The van der Waals surface area contributed by atoms with Gasteiger partial charge in [-0.2, -0.15) is 0 Å². The summed E-state index contributed by atoms with van der Waals surface area (Å²) in [7, 11) is 0. The number of hydrogen-bond donors (Lipinski definition) is 1. The van der Waals surface area contributed by atoms with Crippen LogP contribution in [0.15, 0.2) is 12.3 Å². The Labute approximate surface area is 148 Å². The van der Waals surface area contributed by atoms with E-state index in [2.05, 4.69) is 29.1 Å². The highest BCUT2D eigenvalue weighted by atomic mass is 16.2. The molecule has 0 spiro atoms. The first-order chi connectivity index (χ1) is 11.9. The van der Waals surface area contributed by atoms with Crippen LogP contribution in [0.5, 0.6) is 0 Å². The second-order valence-electron chi connectivity index (χ2n) is 7.37. The molecule has 136 valence electrons. The average Bonchev–Trinajstić information content (AvgIpc) is 3.14. The normalized spacial score (nSPS) is 23.6. The molecule has 0 aliphatic carbocycles. The van der Waals surface area contributed by atoms with Crippen molar-refractivity contribution in [2.75, 3.05) is 31.5 Å². The Morgan fingerprint density at radius 3 is 2.84 bits per heavy atom. The van der Waals surface area contributed by atoms with E-state index in [4.69, 9.17) is 0 Å². The summed E-state index contributed by atoms with van der Waals surface area (Å²) >= 11 is 0. The topological polar surface area (TPSA) is 78.4 Å². The SMILES string of the molecule is Cc1nccc(N[C@@H]2CN(C(=O)CN3CCCC3=O)C[C@H]2C(C)C)n1. The van der Waals surface area contributed by atoms with Crippen molar-refractivity contribution in [2.45, 2.75) is 39.7 Å². The molecule has 7 nitrogen and oxygen atoms in total. The Kier molecular flexibility index (Phi) is 5.20. The van der Waals surface area contributed by atoms with Crippen LogP contribution in [0.1, 0.15) is 32.5 Å². The van der Waals surface area contributed by atoms with Gasteiger partial charge in [-0.15, -0.1) is 0 Å². The van der Waals surface area contributed by atoms with Crippen LogP contribution < -0.4 is 5.32 Å². The molecule has 1 N–H and O–H groups in total. The molecule has 0 aromatic carbocycles. The average molecular weight is 345 g/mol. The van der Waals surface area contributed by atoms with Gasteiger partial charge in [0, 0.05) is 44.2 Å². The van der Waals surface area contributed by atoms with E-state index in [9.17, 15) is 9.59 Å². The summed E-state index contributed by atoms with van der Waals surface area (Å²) in [5.74, 6) is 2.47. The fourth-order valence-corrected chi connectivity index (χ4v) is 3.72. The van der Waals surface area contributed by atoms with E-state index in [1.807, 2.05) is 17.9 Å². The third-order valence-electron chi connectivity index (χ3n) is 5.18. The molecule has 7 heteroatoms. The van der Waals surface area contributed by atoms with E-state index >= 15 is 0 Å². The lowest BCUT2D eigenvalue weighted by molar-refractivity contribution is -0.137. The smallest absolute Gasteiger partial charge is 0.242 e. The lowest BCUT2D eigenvalue weighted by Crippen LogP contribution is -2.40. The first kappa shape index (κ1) is 17.6. The zero-order valence-electron chi connectivity index (χ0n) is 15.2. The number of rotatable bonds is 5. The van der Waals surface area contributed by atoms with E-state index in [-0.39, 0.29) is 24.4 Å². The molecule has 0 bridgehead atoms. The lowest BCUT2D eigenvalue weighted by Gasteiger charge is -2.23. The van der Waals surface area contributed by atoms with Gasteiger partial charge in [0.2, 0.25) is 11.8 Å². The van der Waals surface area contributed by atoms with Gasteiger partial charge in [-0.25, -0.2) is 9.97 Å². The minimum absolute atomic E-state index is 0.0454. The molecule has 1 aromatic rings.